The average Bonchev–Trinajstić information content (AvgIpc) is 3.33. The van der Waals surface area contributed by atoms with Gasteiger partial charge in [0.2, 0.25) is 0 Å². The first-order chi connectivity index (χ1) is 18.0. The molecule has 206 valence electrons. The number of halogens is 2. The van der Waals surface area contributed by atoms with E-state index in [0.29, 0.717) is 41.2 Å². The van der Waals surface area contributed by atoms with Gasteiger partial charge in [-0.2, -0.15) is 0 Å². The van der Waals surface area contributed by atoms with Crippen LogP contribution in [0.5, 0.6) is 5.75 Å². The van der Waals surface area contributed by atoms with Crippen LogP contribution in [0.15, 0.2) is 60.7 Å². The number of morpholine rings is 1. The third-order valence-corrected chi connectivity index (χ3v) is 6.45. The number of nitrogens with zero attached hydrogens (tertiary/aromatic N) is 2. The van der Waals surface area contributed by atoms with Gasteiger partial charge in [0.05, 0.1) is 36.6 Å². The lowest BCUT2D eigenvalue weighted by Crippen LogP contribution is -2.35. The molecule has 0 radical (unpaired) electrons. The number of para-hydroxylation sites is 2. The number of hydrogen-bond donors (Lipinski definition) is 3. The molecule has 1 saturated heterocycles. The molecule has 0 bridgehead atoms. The van der Waals surface area contributed by atoms with Crippen LogP contribution in [0.1, 0.15) is 38.2 Å². The number of methoxy groups -OCH3 is 1. The second kappa shape index (κ2) is 12.9. The minimum atomic E-state index is -0.357. The zero-order valence-electron chi connectivity index (χ0n) is 21.8. The Bertz CT molecular complexity index is 1470. The monoisotopic (exact) mass is 571 g/mol. The molecule has 5 rings (SSSR count). The number of carbonyl (C=O) groups is 2. The van der Waals surface area contributed by atoms with E-state index in [0.717, 1.165) is 29.1 Å². The molecule has 39 heavy (non-hydrogen) atoms. The van der Waals surface area contributed by atoms with E-state index in [9.17, 15) is 9.59 Å². The summed E-state index contributed by atoms with van der Waals surface area (Å²) in [4.78, 5) is 35.9. The minimum absolute atomic E-state index is 0. The summed E-state index contributed by atoms with van der Waals surface area (Å²) in [6.07, 6.45) is -0.136. The van der Waals surface area contributed by atoms with Gasteiger partial charge in [0.1, 0.15) is 17.1 Å². The van der Waals surface area contributed by atoms with E-state index in [2.05, 4.69) is 20.6 Å². The second-order valence-electron chi connectivity index (χ2n) is 8.88. The Morgan fingerprint density at radius 2 is 1.90 bits per heavy atom. The Morgan fingerprint density at radius 3 is 2.64 bits per heavy atom. The number of anilines is 2. The van der Waals surface area contributed by atoms with Gasteiger partial charge >= 0.3 is 0 Å². The van der Waals surface area contributed by atoms with E-state index in [4.69, 9.17) is 9.47 Å². The molecule has 0 saturated carbocycles. The molecule has 1 aromatic heterocycles. The van der Waals surface area contributed by atoms with Crippen molar-refractivity contribution >= 4 is 59.0 Å². The highest BCUT2D eigenvalue weighted by molar-refractivity contribution is 6.11. The number of imidazole rings is 1. The van der Waals surface area contributed by atoms with Crippen LogP contribution in [0.25, 0.3) is 11.0 Å². The molecule has 9 nitrogen and oxygen atoms in total. The first-order valence-electron chi connectivity index (χ1n) is 12.1. The Morgan fingerprint density at radius 1 is 1.10 bits per heavy atom. The molecule has 1 aliphatic rings. The topological polar surface area (TPSA) is 109 Å². The van der Waals surface area contributed by atoms with Crippen LogP contribution in [-0.4, -0.2) is 55.6 Å². The standard InChI is InChI=1S/C28H29N5O4.2ClH/c1-17-30-21-8-6-9-22(26(21)31-17)32-27(34)20-12-11-18(15-24(20)36-3)28(35)33(2)23-10-5-4-7-19(23)25-16-29-13-14-37-25;;/h4-12,15,25,29H,13-14,16H2,1-3H3,(H,30,31)(H,32,34);2*1H. The number of aromatic amines is 1. The Balaban J connectivity index is 0.00000210. The summed E-state index contributed by atoms with van der Waals surface area (Å²) < 4.78 is 11.4. The van der Waals surface area contributed by atoms with E-state index in [1.165, 1.54) is 7.11 Å². The number of benzene rings is 3. The number of nitrogens with one attached hydrogen (secondary N) is 3. The predicted molar refractivity (Wildman–Crippen MR) is 157 cm³/mol. The van der Waals surface area contributed by atoms with Gasteiger partial charge in [0.25, 0.3) is 11.8 Å². The van der Waals surface area contributed by atoms with Gasteiger partial charge in [0.15, 0.2) is 0 Å². The third kappa shape index (κ3) is 6.17. The van der Waals surface area contributed by atoms with Gasteiger partial charge in [-0.05, 0) is 43.3 Å². The van der Waals surface area contributed by atoms with Gasteiger partial charge < -0.3 is 30.0 Å². The summed E-state index contributed by atoms with van der Waals surface area (Å²) in [5.41, 5.74) is 4.52. The molecule has 1 atom stereocenters. The van der Waals surface area contributed by atoms with Crippen LogP contribution in [0.2, 0.25) is 0 Å². The first-order valence-corrected chi connectivity index (χ1v) is 12.1. The van der Waals surface area contributed by atoms with E-state index in [1.807, 2.05) is 43.3 Å². The Kier molecular flexibility index (Phi) is 9.93. The molecule has 1 unspecified atom stereocenters. The van der Waals surface area contributed by atoms with Crippen LogP contribution in [0, 0.1) is 6.92 Å². The van der Waals surface area contributed by atoms with Gasteiger partial charge in [0, 0.05) is 37.0 Å². The van der Waals surface area contributed by atoms with E-state index in [1.54, 1.807) is 36.2 Å². The summed E-state index contributed by atoms with van der Waals surface area (Å²) in [5, 5.41) is 6.25. The molecule has 3 aromatic carbocycles. The van der Waals surface area contributed by atoms with Crippen molar-refractivity contribution in [1.29, 1.82) is 0 Å². The molecular weight excluding hydrogens is 541 g/mol. The van der Waals surface area contributed by atoms with Crippen LogP contribution in [0.4, 0.5) is 11.4 Å². The van der Waals surface area contributed by atoms with Crippen molar-refractivity contribution in [1.82, 2.24) is 15.3 Å². The molecule has 2 amide bonds. The molecule has 0 spiro atoms. The zero-order valence-corrected chi connectivity index (χ0v) is 23.4. The fourth-order valence-electron chi connectivity index (χ4n) is 4.59. The van der Waals surface area contributed by atoms with E-state index in [-0.39, 0.29) is 42.7 Å². The number of aryl methyl sites for hydroxylation is 1. The quantitative estimate of drug-likeness (QED) is 0.303. The number of rotatable bonds is 6. The lowest BCUT2D eigenvalue weighted by atomic mass is 10.0. The van der Waals surface area contributed by atoms with E-state index < -0.39 is 0 Å². The van der Waals surface area contributed by atoms with Gasteiger partial charge in [-0.1, -0.05) is 24.3 Å². The number of H-pyrrole nitrogens is 1. The molecule has 3 N–H and O–H groups in total. The van der Waals surface area contributed by atoms with E-state index >= 15 is 0 Å². The summed E-state index contributed by atoms with van der Waals surface area (Å²) in [6, 6.07) is 18.1. The minimum Gasteiger partial charge on any atom is -0.496 e. The number of fused-ring (bicyclic) bond motifs is 1. The van der Waals surface area contributed by atoms with Crippen molar-refractivity contribution in [2.45, 2.75) is 13.0 Å². The molecule has 2 heterocycles. The lowest BCUT2D eigenvalue weighted by molar-refractivity contribution is 0.0280. The van der Waals surface area contributed by atoms with Gasteiger partial charge in [-0.25, -0.2) is 4.98 Å². The zero-order chi connectivity index (χ0) is 25.9. The second-order valence-corrected chi connectivity index (χ2v) is 8.88. The molecule has 4 aromatic rings. The number of amides is 2. The maximum Gasteiger partial charge on any atom is 0.259 e. The number of aromatic nitrogens is 2. The van der Waals surface area contributed by atoms with Crippen molar-refractivity contribution in [2.75, 3.05) is 44.1 Å². The molecule has 1 aliphatic heterocycles. The SMILES string of the molecule is COc1cc(C(=O)N(C)c2ccccc2C2CNCCO2)ccc1C(=O)Nc1cccc2[nH]c(C)nc12.Cl.Cl. The average molecular weight is 572 g/mol. The fraction of sp³-hybridized carbons (Fsp3) is 0.250. The van der Waals surface area contributed by atoms with Crippen molar-refractivity contribution in [3.63, 3.8) is 0 Å². The lowest BCUT2D eigenvalue weighted by Gasteiger charge is -2.28. The molecule has 11 heteroatoms. The highest BCUT2D eigenvalue weighted by Crippen LogP contribution is 2.31. The van der Waals surface area contributed by atoms with Crippen molar-refractivity contribution in [3.8, 4) is 5.75 Å². The van der Waals surface area contributed by atoms with Crippen molar-refractivity contribution < 1.29 is 19.1 Å². The largest absolute Gasteiger partial charge is 0.496 e. The first kappa shape index (κ1) is 29.9. The van der Waals surface area contributed by atoms with Crippen molar-refractivity contribution in [3.05, 3.63) is 83.2 Å². The molecule has 1 fully saturated rings. The number of hydrogen-bond acceptors (Lipinski definition) is 6. The maximum atomic E-state index is 13.5. The van der Waals surface area contributed by atoms with Crippen LogP contribution in [-0.2, 0) is 4.74 Å². The smallest absolute Gasteiger partial charge is 0.259 e. The highest BCUT2D eigenvalue weighted by Gasteiger charge is 2.24. The maximum absolute atomic E-state index is 13.5. The number of ether oxygens (including phenoxy) is 2. The van der Waals surface area contributed by atoms with Gasteiger partial charge in [-0.3, -0.25) is 9.59 Å². The Labute approximate surface area is 239 Å². The van der Waals surface area contributed by atoms with Gasteiger partial charge in [-0.15, -0.1) is 24.8 Å². The summed E-state index contributed by atoms with van der Waals surface area (Å²) >= 11 is 0. The van der Waals surface area contributed by atoms with Crippen LogP contribution < -0.4 is 20.3 Å². The molecule has 0 aliphatic carbocycles. The van der Waals surface area contributed by atoms with Crippen molar-refractivity contribution in [2.24, 2.45) is 0 Å². The molecular formula is C28H31Cl2N5O4. The number of carbonyl (C=O) groups excluding carboxylic acids is 2. The predicted octanol–water partition coefficient (Wildman–Crippen LogP) is 4.91. The van der Waals surface area contributed by atoms with Crippen LogP contribution in [0.3, 0.4) is 0 Å². The normalized spacial score (nSPS) is 14.6. The summed E-state index contributed by atoms with van der Waals surface area (Å²) in [6.45, 7) is 3.97. The summed E-state index contributed by atoms with van der Waals surface area (Å²) in [7, 11) is 3.21. The fourth-order valence-corrected chi connectivity index (χ4v) is 4.59. The Hall–Kier alpha value is -3.63. The highest BCUT2D eigenvalue weighted by atomic mass is 35.5. The van der Waals surface area contributed by atoms with Crippen LogP contribution >= 0.6 is 24.8 Å². The third-order valence-electron chi connectivity index (χ3n) is 6.45. The summed E-state index contributed by atoms with van der Waals surface area (Å²) in [5.74, 6) is 0.479.